The van der Waals surface area contributed by atoms with Gasteiger partial charge in [0.1, 0.15) is 5.76 Å². The molecule has 0 bridgehead atoms. The fraction of sp³-hybridized carbons (Fsp3) is 0.812. The van der Waals surface area contributed by atoms with Gasteiger partial charge in [0, 0.05) is 30.7 Å². The summed E-state index contributed by atoms with van der Waals surface area (Å²) in [5.41, 5.74) is 2.31. The lowest BCUT2D eigenvalue weighted by atomic mass is 9.91. The van der Waals surface area contributed by atoms with Crippen LogP contribution < -0.4 is 5.32 Å². The Kier molecular flexibility index (Phi) is 5.22. The van der Waals surface area contributed by atoms with Crippen molar-refractivity contribution in [3.63, 3.8) is 0 Å². The summed E-state index contributed by atoms with van der Waals surface area (Å²) >= 11 is 0. The Balaban J connectivity index is 1.98. The third kappa shape index (κ3) is 3.23. The summed E-state index contributed by atoms with van der Waals surface area (Å²) in [6.07, 6.45) is 2.44. The average molecular weight is 279 g/mol. The topological polar surface area (TPSA) is 41.3 Å². The van der Waals surface area contributed by atoms with Crippen molar-refractivity contribution in [3.05, 3.63) is 17.0 Å². The van der Waals surface area contributed by atoms with E-state index in [0.717, 1.165) is 31.1 Å². The molecule has 114 valence electrons. The molecule has 1 aliphatic rings. The summed E-state index contributed by atoms with van der Waals surface area (Å²) in [4.78, 5) is 2.57. The van der Waals surface area contributed by atoms with Crippen LogP contribution in [0.5, 0.6) is 0 Å². The number of aromatic nitrogens is 1. The second-order valence-corrected chi connectivity index (χ2v) is 6.24. The average Bonchev–Trinajstić information content (AvgIpc) is 2.76. The lowest BCUT2D eigenvalue weighted by Gasteiger charge is -2.40. The molecular weight excluding hydrogens is 250 g/mol. The van der Waals surface area contributed by atoms with Gasteiger partial charge in [0.2, 0.25) is 0 Å². The van der Waals surface area contributed by atoms with Gasteiger partial charge in [-0.05, 0) is 46.1 Å². The number of hydrogen-bond acceptors (Lipinski definition) is 4. The van der Waals surface area contributed by atoms with Gasteiger partial charge in [-0.2, -0.15) is 0 Å². The maximum atomic E-state index is 5.32. The molecule has 1 saturated heterocycles. The number of nitrogens with one attached hydrogen (secondary N) is 1. The van der Waals surface area contributed by atoms with E-state index in [9.17, 15) is 0 Å². The highest BCUT2D eigenvalue weighted by Gasteiger charge is 2.30. The van der Waals surface area contributed by atoms with Gasteiger partial charge in [0.25, 0.3) is 0 Å². The molecule has 0 amide bonds. The van der Waals surface area contributed by atoms with Gasteiger partial charge in [-0.1, -0.05) is 19.0 Å². The van der Waals surface area contributed by atoms with Gasteiger partial charge >= 0.3 is 0 Å². The van der Waals surface area contributed by atoms with Gasteiger partial charge in [0.15, 0.2) is 0 Å². The normalized spacial score (nSPS) is 25.9. The maximum Gasteiger partial charge on any atom is 0.138 e. The van der Waals surface area contributed by atoms with Crippen molar-refractivity contribution in [1.82, 2.24) is 15.4 Å². The van der Waals surface area contributed by atoms with Crippen molar-refractivity contribution in [3.8, 4) is 0 Å². The minimum absolute atomic E-state index is 0.399. The van der Waals surface area contributed by atoms with E-state index >= 15 is 0 Å². The van der Waals surface area contributed by atoms with Crippen molar-refractivity contribution >= 4 is 0 Å². The Morgan fingerprint density at radius 1 is 1.45 bits per heavy atom. The molecule has 0 saturated carbocycles. The molecule has 0 radical (unpaired) electrons. The molecule has 3 unspecified atom stereocenters. The largest absolute Gasteiger partial charge is 0.361 e. The van der Waals surface area contributed by atoms with Gasteiger partial charge in [-0.25, -0.2) is 0 Å². The lowest BCUT2D eigenvalue weighted by Crippen LogP contribution is -2.49. The van der Waals surface area contributed by atoms with E-state index in [1.807, 2.05) is 13.8 Å². The Morgan fingerprint density at radius 3 is 2.75 bits per heavy atom. The number of nitrogens with zero attached hydrogens (tertiary/aromatic N) is 2. The number of piperidine rings is 1. The van der Waals surface area contributed by atoms with E-state index in [2.05, 4.69) is 36.1 Å². The molecule has 0 spiro atoms. The van der Waals surface area contributed by atoms with Crippen LogP contribution in [0, 0.1) is 19.8 Å². The van der Waals surface area contributed by atoms with Crippen LogP contribution in [0.4, 0.5) is 0 Å². The molecule has 4 heteroatoms. The van der Waals surface area contributed by atoms with E-state index in [1.165, 1.54) is 18.4 Å². The standard InChI is InChI=1S/C16H29N3O/c1-6-8-17-15-7-9-19(10-11(15)2)13(4)16-12(3)18-20-14(16)5/h11,13,15,17H,6-10H2,1-5H3. The third-order valence-electron chi connectivity index (χ3n) is 4.65. The summed E-state index contributed by atoms with van der Waals surface area (Å²) in [5.74, 6) is 1.66. The second kappa shape index (κ2) is 6.72. The van der Waals surface area contributed by atoms with Crippen molar-refractivity contribution in [2.24, 2.45) is 5.92 Å². The van der Waals surface area contributed by atoms with Crippen molar-refractivity contribution in [2.45, 2.75) is 59.5 Å². The lowest BCUT2D eigenvalue weighted by molar-refractivity contribution is 0.110. The summed E-state index contributed by atoms with van der Waals surface area (Å²) in [7, 11) is 0. The highest BCUT2D eigenvalue weighted by atomic mass is 16.5. The Labute approximate surface area is 122 Å². The number of likely N-dealkylation sites (tertiary alicyclic amines) is 1. The van der Waals surface area contributed by atoms with Crippen molar-refractivity contribution in [1.29, 1.82) is 0 Å². The third-order valence-corrected chi connectivity index (χ3v) is 4.65. The molecule has 0 aromatic carbocycles. The number of aryl methyl sites for hydroxylation is 2. The molecule has 1 aliphatic heterocycles. The van der Waals surface area contributed by atoms with E-state index in [-0.39, 0.29) is 0 Å². The first-order chi connectivity index (χ1) is 9.54. The molecule has 2 rings (SSSR count). The SMILES string of the molecule is CCCNC1CCN(C(C)c2c(C)noc2C)CC1C. The zero-order chi connectivity index (χ0) is 14.7. The molecule has 1 fully saturated rings. The monoisotopic (exact) mass is 279 g/mol. The van der Waals surface area contributed by atoms with E-state index in [1.54, 1.807) is 0 Å². The first-order valence-electron chi connectivity index (χ1n) is 7.94. The molecule has 1 N–H and O–H groups in total. The van der Waals surface area contributed by atoms with Crippen LogP contribution in [0.15, 0.2) is 4.52 Å². The zero-order valence-electron chi connectivity index (χ0n) is 13.6. The number of hydrogen-bond donors (Lipinski definition) is 1. The van der Waals surface area contributed by atoms with Crippen LogP contribution in [0.3, 0.4) is 0 Å². The van der Waals surface area contributed by atoms with Crippen molar-refractivity contribution < 1.29 is 4.52 Å². The molecule has 2 heterocycles. The summed E-state index contributed by atoms with van der Waals surface area (Å²) in [5, 5.41) is 7.77. The van der Waals surface area contributed by atoms with E-state index in [4.69, 9.17) is 4.52 Å². The quantitative estimate of drug-likeness (QED) is 0.899. The highest BCUT2D eigenvalue weighted by Crippen LogP contribution is 2.30. The smallest absolute Gasteiger partial charge is 0.138 e. The van der Waals surface area contributed by atoms with Gasteiger partial charge in [-0.3, -0.25) is 4.90 Å². The summed E-state index contributed by atoms with van der Waals surface area (Å²) in [6, 6.07) is 1.07. The Bertz CT molecular complexity index is 410. The first-order valence-corrected chi connectivity index (χ1v) is 7.94. The van der Waals surface area contributed by atoms with Gasteiger partial charge < -0.3 is 9.84 Å². The molecular formula is C16H29N3O. The fourth-order valence-corrected chi connectivity index (χ4v) is 3.43. The highest BCUT2D eigenvalue weighted by molar-refractivity contribution is 5.24. The Morgan fingerprint density at radius 2 is 2.20 bits per heavy atom. The van der Waals surface area contributed by atoms with Crippen LogP contribution in [-0.2, 0) is 0 Å². The van der Waals surface area contributed by atoms with Crippen LogP contribution in [-0.4, -0.2) is 35.7 Å². The van der Waals surface area contributed by atoms with E-state index < -0.39 is 0 Å². The fourth-order valence-electron chi connectivity index (χ4n) is 3.43. The molecule has 1 aromatic rings. The molecule has 3 atom stereocenters. The second-order valence-electron chi connectivity index (χ2n) is 6.24. The predicted octanol–water partition coefficient (Wildman–Crippen LogP) is 3.06. The molecule has 20 heavy (non-hydrogen) atoms. The van der Waals surface area contributed by atoms with Crippen LogP contribution in [0.25, 0.3) is 0 Å². The van der Waals surface area contributed by atoms with Crippen LogP contribution in [0.2, 0.25) is 0 Å². The minimum Gasteiger partial charge on any atom is -0.361 e. The van der Waals surface area contributed by atoms with Crippen molar-refractivity contribution in [2.75, 3.05) is 19.6 Å². The maximum absolute atomic E-state index is 5.32. The van der Waals surface area contributed by atoms with E-state index in [0.29, 0.717) is 18.0 Å². The van der Waals surface area contributed by atoms with Crippen LogP contribution >= 0.6 is 0 Å². The first kappa shape index (κ1) is 15.5. The van der Waals surface area contributed by atoms with Gasteiger partial charge in [0.05, 0.1) is 5.69 Å². The number of rotatable bonds is 5. The summed E-state index contributed by atoms with van der Waals surface area (Å²) in [6.45, 7) is 14.4. The summed E-state index contributed by atoms with van der Waals surface area (Å²) < 4.78 is 5.32. The minimum atomic E-state index is 0.399. The molecule has 0 aliphatic carbocycles. The van der Waals surface area contributed by atoms with Crippen LogP contribution in [0.1, 0.15) is 56.7 Å². The Hall–Kier alpha value is -0.870. The zero-order valence-corrected chi connectivity index (χ0v) is 13.6. The molecule has 4 nitrogen and oxygen atoms in total. The van der Waals surface area contributed by atoms with Gasteiger partial charge in [-0.15, -0.1) is 0 Å². The predicted molar refractivity (Wildman–Crippen MR) is 81.8 cm³/mol. The molecule has 1 aromatic heterocycles.